The molecule has 2 fully saturated rings. The van der Waals surface area contributed by atoms with Crippen molar-refractivity contribution in [2.75, 3.05) is 18.1 Å². The second kappa shape index (κ2) is 7.07. The molecule has 134 valence electrons. The molecule has 1 spiro atoms. The number of benzene rings is 1. The van der Waals surface area contributed by atoms with Crippen molar-refractivity contribution in [2.45, 2.75) is 43.0 Å². The van der Waals surface area contributed by atoms with Gasteiger partial charge in [0.2, 0.25) is 5.91 Å². The summed E-state index contributed by atoms with van der Waals surface area (Å²) >= 11 is 1.52. The number of hydrogen-bond donors (Lipinski definition) is 2. The maximum atomic E-state index is 12.9. The van der Waals surface area contributed by atoms with Gasteiger partial charge in [-0.3, -0.25) is 14.5 Å². The smallest absolute Gasteiger partial charge is 0.324 e. The molecule has 2 aliphatic rings. The van der Waals surface area contributed by atoms with Gasteiger partial charge >= 0.3 is 6.03 Å². The molecule has 3 rings (SSSR count). The van der Waals surface area contributed by atoms with E-state index >= 15 is 0 Å². The van der Waals surface area contributed by atoms with E-state index in [0.717, 1.165) is 29.1 Å². The summed E-state index contributed by atoms with van der Waals surface area (Å²) in [6.45, 7) is 1.73. The van der Waals surface area contributed by atoms with Gasteiger partial charge in [-0.05, 0) is 37.1 Å². The van der Waals surface area contributed by atoms with Gasteiger partial charge in [0.25, 0.3) is 5.91 Å². The van der Waals surface area contributed by atoms with Crippen LogP contribution in [0.5, 0.6) is 0 Å². The Morgan fingerprint density at radius 1 is 1.36 bits per heavy atom. The Morgan fingerprint density at radius 3 is 2.84 bits per heavy atom. The maximum Gasteiger partial charge on any atom is 0.325 e. The van der Waals surface area contributed by atoms with Crippen LogP contribution in [-0.2, 0) is 9.59 Å². The van der Waals surface area contributed by atoms with Gasteiger partial charge in [0.15, 0.2) is 0 Å². The van der Waals surface area contributed by atoms with Crippen LogP contribution in [0.15, 0.2) is 29.2 Å². The average molecular weight is 361 g/mol. The number of thioether (sulfide) groups is 1. The standard InChI is InChI=1S/C18H23N3O3S/c1-12-7-5-6-10-18(12)16(23)21(17(24)20-18)11-15(22)19-13-8-3-4-9-14(13)25-2/h3-4,8-9,12H,5-7,10-11H2,1-2H3,(H,19,22)(H,20,24)/t12-,18+/m0/s1. The van der Waals surface area contributed by atoms with Crippen LogP contribution in [0, 0.1) is 5.92 Å². The Hall–Kier alpha value is -2.02. The van der Waals surface area contributed by atoms with Crippen molar-refractivity contribution in [3.63, 3.8) is 0 Å². The number of amides is 4. The highest BCUT2D eigenvalue weighted by Gasteiger charge is 2.55. The van der Waals surface area contributed by atoms with Gasteiger partial charge in [0, 0.05) is 4.90 Å². The largest absolute Gasteiger partial charge is 0.325 e. The molecule has 1 aliphatic heterocycles. The molecule has 7 heteroatoms. The number of anilines is 1. The monoisotopic (exact) mass is 361 g/mol. The summed E-state index contributed by atoms with van der Waals surface area (Å²) < 4.78 is 0. The molecule has 4 amide bonds. The number of nitrogens with one attached hydrogen (secondary N) is 2. The van der Waals surface area contributed by atoms with Crippen LogP contribution >= 0.6 is 11.8 Å². The van der Waals surface area contributed by atoms with E-state index in [1.54, 1.807) is 6.07 Å². The van der Waals surface area contributed by atoms with Gasteiger partial charge in [0.1, 0.15) is 12.1 Å². The van der Waals surface area contributed by atoms with Crippen LogP contribution in [0.4, 0.5) is 10.5 Å². The molecule has 0 unspecified atom stereocenters. The van der Waals surface area contributed by atoms with Crippen LogP contribution in [0.1, 0.15) is 32.6 Å². The van der Waals surface area contributed by atoms with Crippen LogP contribution < -0.4 is 10.6 Å². The minimum atomic E-state index is -0.827. The Kier molecular flexibility index (Phi) is 5.03. The SMILES string of the molecule is CSc1ccccc1NC(=O)CN1C(=O)N[C@@]2(CCCC[C@@H]2C)C1=O. The van der Waals surface area contributed by atoms with E-state index in [-0.39, 0.29) is 24.3 Å². The summed E-state index contributed by atoms with van der Waals surface area (Å²) in [5.41, 5.74) is -0.139. The van der Waals surface area contributed by atoms with E-state index in [1.807, 2.05) is 31.4 Å². The predicted octanol–water partition coefficient (Wildman–Crippen LogP) is 2.85. The molecule has 0 radical (unpaired) electrons. The zero-order chi connectivity index (χ0) is 18.0. The molecule has 1 aromatic carbocycles. The van der Waals surface area contributed by atoms with Gasteiger partial charge < -0.3 is 10.6 Å². The number of carbonyl (C=O) groups is 3. The van der Waals surface area contributed by atoms with Crippen molar-refractivity contribution < 1.29 is 14.4 Å². The van der Waals surface area contributed by atoms with Gasteiger partial charge in [0.05, 0.1) is 5.69 Å². The first kappa shape index (κ1) is 17.8. The van der Waals surface area contributed by atoms with Gasteiger partial charge in [-0.15, -0.1) is 11.8 Å². The van der Waals surface area contributed by atoms with Crippen molar-refractivity contribution in [3.8, 4) is 0 Å². The van der Waals surface area contributed by atoms with Gasteiger partial charge in [-0.25, -0.2) is 4.79 Å². The number of imide groups is 1. The number of para-hydroxylation sites is 1. The van der Waals surface area contributed by atoms with Crippen molar-refractivity contribution in [2.24, 2.45) is 5.92 Å². The maximum absolute atomic E-state index is 12.9. The molecule has 25 heavy (non-hydrogen) atoms. The van der Waals surface area contributed by atoms with Crippen molar-refractivity contribution in [1.29, 1.82) is 0 Å². The molecule has 6 nitrogen and oxygen atoms in total. The Labute approximate surface area is 151 Å². The van der Waals surface area contributed by atoms with E-state index in [9.17, 15) is 14.4 Å². The fraction of sp³-hybridized carbons (Fsp3) is 0.500. The Bertz CT molecular complexity index is 709. The average Bonchev–Trinajstić information content (AvgIpc) is 2.83. The van der Waals surface area contributed by atoms with E-state index in [4.69, 9.17) is 0 Å². The Balaban J connectivity index is 1.71. The molecule has 1 heterocycles. The fourth-order valence-corrected chi connectivity index (χ4v) is 4.27. The third-order valence-electron chi connectivity index (χ3n) is 5.18. The highest BCUT2D eigenvalue weighted by Crippen LogP contribution is 2.38. The highest BCUT2D eigenvalue weighted by molar-refractivity contribution is 7.98. The summed E-state index contributed by atoms with van der Waals surface area (Å²) in [4.78, 5) is 39.6. The van der Waals surface area contributed by atoms with Gasteiger partial charge in [-0.2, -0.15) is 0 Å². The third-order valence-corrected chi connectivity index (χ3v) is 5.98. The molecule has 1 aromatic rings. The second-order valence-corrected chi connectivity index (χ2v) is 7.54. The summed E-state index contributed by atoms with van der Waals surface area (Å²) in [7, 11) is 0. The van der Waals surface area contributed by atoms with Crippen LogP contribution in [0.25, 0.3) is 0 Å². The fourth-order valence-electron chi connectivity index (χ4n) is 3.72. The van der Waals surface area contributed by atoms with Crippen LogP contribution in [-0.4, -0.2) is 41.1 Å². The minimum Gasteiger partial charge on any atom is -0.324 e. The van der Waals surface area contributed by atoms with Crippen molar-refractivity contribution in [1.82, 2.24) is 10.2 Å². The molecule has 0 aromatic heterocycles. The number of hydrogen-bond acceptors (Lipinski definition) is 4. The molecule has 1 saturated heterocycles. The first-order valence-electron chi connectivity index (χ1n) is 8.55. The number of rotatable bonds is 4. The van der Waals surface area contributed by atoms with E-state index in [0.29, 0.717) is 12.1 Å². The molecule has 2 N–H and O–H groups in total. The molecule has 1 saturated carbocycles. The highest BCUT2D eigenvalue weighted by atomic mass is 32.2. The van der Waals surface area contributed by atoms with Gasteiger partial charge in [-0.1, -0.05) is 31.9 Å². The quantitative estimate of drug-likeness (QED) is 0.638. The van der Waals surface area contributed by atoms with Crippen LogP contribution in [0.2, 0.25) is 0 Å². The van der Waals surface area contributed by atoms with E-state index in [2.05, 4.69) is 10.6 Å². The first-order valence-corrected chi connectivity index (χ1v) is 9.77. The van der Waals surface area contributed by atoms with Crippen LogP contribution in [0.3, 0.4) is 0 Å². The lowest BCUT2D eigenvalue weighted by atomic mass is 9.73. The number of nitrogens with zero attached hydrogens (tertiary/aromatic N) is 1. The number of carbonyl (C=O) groups excluding carboxylic acids is 3. The molecule has 2 atom stereocenters. The minimum absolute atomic E-state index is 0.0861. The summed E-state index contributed by atoms with van der Waals surface area (Å²) in [5.74, 6) is -0.550. The summed E-state index contributed by atoms with van der Waals surface area (Å²) in [5, 5.41) is 5.66. The van der Waals surface area contributed by atoms with E-state index in [1.165, 1.54) is 11.8 Å². The second-order valence-electron chi connectivity index (χ2n) is 6.69. The Morgan fingerprint density at radius 2 is 2.12 bits per heavy atom. The predicted molar refractivity (Wildman–Crippen MR) is 97.5 cm³/mol. The topological polar surface area (TPSA) is 78.5 Å². The zero-order valence-corrected chi connectivity index (χ0v) is 15.3. The van der Waals surface area contributed by atoms with Crippen molar-refractivity contribution >= 4 is 35.3 Å². The lowest BCUT2D eigenvalue weighted by molar-refractivity contribution is -0.136. The number of urea groups is 1. The molecule has 1 aliphatic carbocycles. The normalized spacial score (nSPS) is 26.0. The van der Waals surface area contributed by atoms with Crippen molar-refractivity contribution in [3.05, 3.63) is 24.3 Å². The zero-order valence-electron chi connectivity index (χ0n) is 14.5. The molecular weight excluding hydrogens is 338 g/mol. The molecular formula is C18H23N3O3S. The lowest BCUT2D eigenvalue weighted by Gasteiger charge is -2.36. The first-order chi connectivity index (χ1) is 12.0. The summed E-state index contributed by atoms with van der Waals surface area (Å²) in [6.07, 6.45) is 5.46. The third kappa shape index (κ3) is 3.25. The van der Waals surface area contributed by atoms with E-state index < -0.39 is 11.6 Å². The molecule has 0 bridgehead atoms. The lowest BCUT2D eigenvalue weighted by Crippen LogP contribution is -2.54. The summed E-state index contributed by atoms with van der Waals surface area (Å²) in [6, 6.07) is 6.98.